The summed E-state index contributed by atoms with van der Waals surface area (Å²) in [5.41, 5.74) is 5.05. The third-order valence-electron chi connectivity index (χ3n) is 0.702. The van der Waals surface area contributed by atoms with Crippen LogP contribution in [0.2, 0.25) is 0 Å². The predicted octanol–water partition coefficient (Wildman–Crippen LogP) is -0.342. The van der Waals surface area contributed by atoms with E-state index in [2.05, 4.69) is 0 Å². The monoisotopic (exact) mass is 229 g/mol. The molecule has 0 aliphatic heterocycles. The van der Waals surface area contributed by atoms with Crippen molar-refractivity contribution in [3.8, 4) is 0 Å². The first-order chi connectivity index (χ1) is 3.68. The first kappa shape index (κ1) is 8.32. The molecule has 1 unspecified atom stereocenters. The highest BCUT2D eigenvalue weighted by molar-refractivity contribution is 14.1. The van der Waals surface area contributed by atoms with Crippen molar-refractivity contribution < 1.29 is 9.90 Å². The molecular weight excluding hydrogens is 221 g/mol. The lowest BCUT2D eigenvalue weighted by molar-refractivity contribution is -0.116. The van der Waals surface area contributed by atoms with Crippen molar-refractivity contribution in [2.24, 2.45) is 5.73 Å². The number of aliphatic hydroxyl groups excluding tert-OH is 1. The maximum absolute atomic E-state index is 10.2. The molecule has 0 aromatic rings. The topological polar surface area (TPSA) is 63.3 Å². The minimum Gasteiger partial charge on any atom is -0.384 e. The number of aliphatic hydroxyl groups is 1. The van der Waals surface area contributed by atoms with Crippen LogP contribution in [0.3, 0.4) is 0 Å². The first-order valence-corrected chi connectivity index (χ1v) is 3.34. The van der Waals surface area contributed by atoms with Crippen LogP contribution in [0, 0.1) is 0 Å². The lowest BCUT2D eigenvalue weighted by Crippen LogP contribution is -2.18. The molecule has 3 N–H and O–H groups in total. The summed E-state index contributed by atoms with van der Waals surface area (Å²) >= 11 is 1.55. The van der Waals surface area contributed by atoms with Gasteiger partial charge in [-0.25, -0.2) is 0 Å². The van der Waals surface area contributed by atoms with Crippen molar-refractivity contribution in [3.05, 3.63) is 0 Å². The molecule has 0 amide bonds. The van der Waals surface area contributed by atoms with Gasteiger partial charge in [-0.05, 0) is 13.0 Å². The van der Waals surface area contributed by atoms with Crippen LogP contribution in [0.25, 0.3) is 0 Å². The summed E-state index contributed by atoms with van der Waals surface area (Å²) in [6, 6.07) is 0. The Bertz CT molecular complexity index is 86.1. The summed E-state index contributed by atoms with van der Waals surface area (Å²) in [5.74, 6) is 0. The summed E-state index contributed by atoms with van der Waals surface area (Å²) < 4.78 is -0.243. The van der Waals surface area contributed by atoms with Crippen molar-refractivity contribution in [3.63, 3.8) is 0 Å². The van der Waals surface area contributed by atoms with E-state index in [1.54, 1.807) is 22.6 Å². The Balaban J connectivity index is 3.32. The molecule has 1 atom stereocenters. The minimum absolute atomic E-state index is 0.243. The Kier molecular flexibility index (Phi) is 4.39. The van der Waals surface area contributed by atoms with Gasteiger partial charge in [-0.2, -0.15) is 0 Å². The molecule has 0 bridgehead atoms. The lowest BCUT2D eigenvalue weighted by atomic mass is 10.3. The second kappa shape index (κ2) is 4.22. The summed E-state index contributed by atoms with van der Waals surface area (Å²) in [6.45, 7) is 0.357. The summed E-state index contributed by atoms with van der Waals surface area (Å²) in [6.07, 6.45) is -0.498. The molecule has 8 heavy (non-hydrogen) atoms. The van der Waals surface area contributed by atoms with Crippen LogP contribution < -0.4 is 5.73 Å². The highest BCUT2D eigenvalue weighted by Gasteiger charge is 2.08. The second-order valence-corrected chi connectivity index (χ2v) is 2.46. The zero-order valence-corrected chi connectivity index (χ0v) is 6.46. The summed E-state index contributed by atoms with van der Waals surface area (Å²) in [4.78, 5) is 10.2. The Hall–Kier alpha value is 0.320. The normalized spacial score (nSPS) is 13.4. The van der Waals surface area contributed by atoms with Gasteiger partial charge in [0.05, 0.1) is 0 Å². The number of nitrogens with two attached hydrogens (primary N) is 1. The number of halogens is 1. The Morgan fingerprint density at radius 2 is 2.38 bits per heavy atom. The SMILES string of the molecule is NCCC(O)C(=O)I. The van der Waals surface area contributed by atoms with Crippen LogP contribution >= 0.6 is 22.6 Å². The van der Waals surface area contributed by atoms with Gasteiger partial charge in [-0.3, -0.25) is 4.79 Å². The molecule has 0 saturated heterocycles. The molecule has 0 fully saturated rings. The third-order valence-corrected chi connectivity index (χ3v) is 1.42. The van der Waals surface area contributed by atoms with Gasteiger partial charge in [-0.15, -0.1) is 0 Å². The zero-order valence-electron chi connectivity index (χ0n) is 4.30. The molecule has 4 heteroatoms. The largest absolute Gasteiger partial charge is 0.384 e. The van der Waals surface area contributed by atoms with Gasteiger partial charge in [0.15, 0.2) is 0 Å². The number of hydrogen-bond acceptors (Lipinski definition) is 3. The van der Waals surface area contributed by atoms with Gasteiger partial charge in [0, 0.05) is 22.6 Å². The van der Waals surface area contributed by atoms with Gasteiger partial charge in [-0.1, -0.05) is 0 Å². The standard InChI is InChI=1S/C4H8INO2/c5-4(8)3(7)1-2-6/h3,7H,1-2,6H2. The molecule has 0 saturated carbocycles. The van der Waals surface area contributed by atoms with E-state index in [1.165, 1.54) is 0 Å². The van der Waals surface area contributed by atoms with E-state index < -0.39 is 6.10 Å². The quantitative estimate of drug-likeness (QED) is 0.514. The van der Waals surface area contributed by atoms with E-state index in [0.717, 1.165) is 0 Å². The molecule has 0 spiro atoms. The van der Waals surface area contributed by atoms with Gasteiger partial charge in [0.25, 0.3) is 0 Å². The molecule has 48 valence electrons. The van der Waals surface area contributed by atoms with Crippen molar-refractivity contribution in [1.29, 1.82) is 0 Å². The Labute approximate surface area is 61.4 Å². The number of rotatable bonds is 3. The van der Waals surface area contributed by atoms with Crippen molar-refractivity contribution in [2.75, 3.05) is 6.54 Å². The Morgan fingerprint density at radius 1 is 1.88 bits per heavy atom. The van der Waals surface area contributed by atoms with Crippen LogP contribution in [0.4, 0.5) is 0 Å². The third kappa shape index (κ3) is 3.34. The molecule has 0 aliphatic carbocycles. The van der Waals surface area contributed by atoms with E-state index in [4.69, 9.17) is 10.8 Å². The fourth-order valence-electron chi connectivity index (χ4n) is 0.271. The van der Waals surface area contributed by atoms with Crippen LogP contribution in [0.5, 0.6) is 0 Å². The molecule has 3 nitrogen and oxygen atoms in total. The van der Waals surface area contributed by atoms with Gasteiger partial charge < -0.3 is 10.8 Å². The van der Waals surface area contributed by atoms with Crippen molar-refractivity contribution in [2.45, 2.75) is 12.5 Å². The van der Waals surface area contributed by atoms with E-state index >= 15 is 0 Å². The average molecular weight is 229 g/mol. The van der Waals surface area contributed by atoms with Gasteiger partial charge >= 0.3 is 0 Å². The smallest absolute Gasteiger partial charge is 0.220 e. The number of hydrogen-bond donors (Lipinski definition) is 2. The van der Waals surface area contributed by atoms with Crippen molar-refractivity contribution >= 4 is 26.4 Å². The number of carbonyl (C=O) groups excluding carboxylic acids is 1. The van der Waals surface area contributed by atoms with Gasteiger partial charge in [0.2, 0.25) is 3.79 Å². The van der Waals surface area contributed by atoms with Crippen LogP contribution in [-0.4, -0.2) is 21.5 Å². The maximum Gasteiger partial charge on any atom is 0.220 e. The van der Waals surface area contributed by atoms with E-state index in [1.807, 2.05) is 0 Å². The van der Waals surface area contributed by atoms with Crippen LogP contribution in [-0.2, 0) is 4.79 Å². The molecule has 0 aromatic carbocycles. The average Bonchev–Trinajstić information content (AvgIpc) is 1.67. The zero-order chi connectivity index (χ0) is 6.57. The molecule has 0 aromatic heterocycles. The molecule has 0 heterocycles. The number of carbonyl (C=O) groups is 1. The second-order valence-electron chi connectivity index (χ2n) is 1.40. The first-order valence-electron chi connectivity index (χ1n) is 2.26. The molecule has 0 radical (unpaired) electrons. The summed E-state index contributed by atoms with van der Waals surface area (Å²) in [5, 5.41) is 8.69. The van der Waals surface area contributed by atoms with Crippen LogP contribution in [0.15, 0.2) is 0 Å². The highest BCUT2D eigenvalue weighted by atomic mass is 127. The molecular formula is C4H8INO2. The predicted molar refractivity (Wildman–Crippen MR) is 38.7 cm³/mol. The summed E-state index contributed by atoms with van der Waals surface area (Å²) in [7, 11) is 0. The van der Waals surface area contributed by atoms with Crippen LogP contribution in [0.1, 0.15) is 6.42 Å². The fraction of sp³-hybridized carbons (Fsp3) is 0.750. The maximum atomic E-state index is 10.2. The molecule has 0 rings (SSSR count). The highest BCUT2D eigenvalue weighted by Crippen LogP contribution is 1.96. The molecule has 0 aliphatic rings. The minimum atomic E-state index is -0.861. The van der Waals surface area contributed by atoms with E-state index in [-0.39, 0.29) is 3.79 Å². The van der Waals surface area contributed by atoms with E-state index in [0.29, 0.717) is 13.0 Å². The van der Waals surface area contributed by atoms with E-state index in [9.17, 15) is 4.79 Å². The Morgan fingerprint density at radius 3 is 2.50 bits per heavy atom. The van der Waals surface area contributed by atoms with Crippen molar-refractivity contribution in [1.82, 2.24) is 0 Å². The van der Waals surface area contributed by atoms with Gasteiger partial charge in [0.1, 0.15) is 6.10 Å². The fourth-order valence-corrected chi connectivity index (χ4v) is 0.583. The lowest BCUT2D eigenvalue weighted by Gasteiger charge is -1.99.